The summed E-state index contributed by atoms with van der Waals surface area (Å²) >= 11 is 0. The lowest BCUT2D eigenvalue weighted by atomic mass is 9.91. The van der Waals surface area contributed by atoms with Gasteiger partial charge in [-0.15, -0.1) is 0 Å². The molecule has 0 bridgehead atoms. The van der Waals surface area contributed by atoms with Crippen LogP contribution in [0.1, 0.15) is 47.3 Å². The first-order valence-corrected chi connectivity index (χ1v) is 9.08. The molecule has 0 saturated heterocycles. The second-order valence-electron chi connectivity index (χ2n) is 7.03. The van der Waals surface area contributed by atoms with Gasteiger partial charge in [0.15, 0.2) is 11.6 Å². The van der Waals surface area contributed by atoms with E-state index in [9.17, 15) is 9.18 Å². The maximum atomic E-state index is 14.5. The van der Waals surface area contributed by atoms with Crippen molar-refractivity contribution in [2.45, 2.75) is 51.6 Å². The summed E-state index contributed by atoms with van der Waals surface area (Å²) in [5.74, 6) is -1.16. The molecular formula is C19H25FN6O. The van der Waals surface area contributed by atoms with E-state index in [2.05, 4.69) is 20.6 Å². The van der Waals surface area contributed by atoms with Crippen LogP contribution in [-0.4, -0.2) is 28.0 Å². The van der Waals surface area contributed by atoms with E-state index in [4.69, 9.17) is 11.5 Å². The van der Waals surface area contributed by atoms with Crippen LogP contribution in [0.15, 0.2) is 18.3 Å². The largest absolute Gasteiger partial charge is 0.365 e. The Balaban J connectivity index is 1.92. The van der Waals surface area contributed by atoms with Crippen molar-refractivity contribution >= 4 is 23.2 Å². The number of anilines is 3. The van der Waals surface area contributed by atoms with E-state index in [1.165, 1.54) is 0 Å². The number of nitrogens with two attached hydrogens (primary N) is 2. The van der Waals surface area contributed by atoms with Crippen LogP contribution in [0.2, 0.25) is 0 Å². The highest BCUT2D eigenvalue weighted by atomic mass is 19.1. The van der Waals surface area contributed by atoms with Gasteiger partial charge in [-0.05, 0) is 44.4 Å². The average Bonchev–Trinajstić information content (AvgIpc) is 2.62. The van der Waals surface area contributed by atoms with E-state index in [0.717, 1.165) is 43.0 Å². The lowest BCUT2D eigenvalue weighted by molar-refractivity contribution is 0.100. The van der Waals surface area contributed by atoms with Crippen LogP contribution in [0, 0.1) is 19.7 Å². The van der Waals surface area contributed by atoms with Crippen molar-refractivity contribution in [3.8, 4) is 0 Å². The molecule has 0 aliphatic heterocycles. The topological polar surface area (TPSA) is 119 Å². The first-order valence-electron chi connectivity index (χ1n) is 9.08. The molecule has 2 atom stereocenters. The van der Waals surface area contributed by atoms with E-state index in [1.807, 2.05) is 19.9 Å². The lowest BCUT2D eigenvalue weighted by Gasteiger charge is -2.30. The Hall–Kier alpha value is -2.74. The van der Waals surface area contributed by atoms with Crippen molar-refractivity contribution in [3.63, 3.8) is 0 Å². The molecule has 8 heteroatoms. The van der Waals surface area contributed by atoms with E-state index in [-0.39, 0.29) is 29.3 Å². The maximum Gasteiger partial charge on any atom is 0.252 e. The Morgan fingerprint density at radius 2 is 1.96 bits per heavy atom. The molecule has 3 rings (SSSR count). The van der Waals surface area contributed by atoms with Gasteiger partial charge in [0.05, 0.1) is 17.4 Å². The highest BCUT2D eigenvalue weighted by molar-refractivity contribution is 5.98. The molecule has 1 aliphatic carbocycles. The van der Waals surface area contributed by atoms with Gasteiger partial charge in [0.1, 0.15) is 5.82 Å². The smallest absolute Gasteiger partial charge is 0.252 e. The summed E-state index contributed by atoms with van der Waals surface area (Å²) in [5.41, 5.74) is 14.0. The summed E-state index contributed by atoms with van der Waals surface area (Å²) in [6.45, 7) is 3.83. The lowest BCUT2D eigenvalue weighted by Crippen LogP contribution is -2.43. The number of aryl methyl sites for hydroxylation is 2. The second kappa shape index (κ2) is 7.87. The highest BCUT2D eigenvalue weighted by Gasteiger charge is 2.24. The summed E-state index contributed by atoms with van der Waals surface area (Å²) in [7, 11) is 0. The molecule has 2 aromatic heterocycles. The third-order valence-electron chi connectivity index (χ3n) is 4.99. The standard InChI is InChI=1S/C19H25FN6O/c1-10-7-12(9-23-11(10)2)24-18-13(17(22)27)8-14(20)19(26-18)25-16-6-4-3-5-15(16)21/h7-9,15-16H,3-6,21H2,1-2H3,(H2,22,27)(H2,24,25,26). The predicted molar refractivity (Wildman–Crippen MR) is 104 cm³/mol. The Labute approximate surface area is 157 Å². The fraction of sp³-hybridized carbons (Fsp3) is 0.421. The number of amides is 1. The molecule has 2 aromatic rings. The van der Waals surface area contributed by atoms with Crippen molar-refractivity contribution in [2.75, 3.05) is 10.6 Å². The summed E-state index contributed by atoms with van der Waals surface area (Å²) in [4.78, 5) is 20.3. The fourth-order valence-corrected chi connectivity index (χ4v) is 3.24. The molecule has 2 unspecified atom stereocenters. The minimum absolute atomic E-state index is 0.0239. The van der Waals surface area contributed by atoms with Crippen LogP contribution in [-0.2, 0) is 0 Å². The third-order valence-corrected chi connectivity index (χ3v) is 4.99. The average molecular weight is 372 g/mol. The number of rotatable bonds is 5. The Morgan fingerprint density at radius 1 is 1.22 bits per heavy atom. The van der Waals surface area contributed by atoms with Gasteiger partial charge in [0.25, 0.3) is 5.91 Å². The van der Waals surface area contributed by atoms with E-state index < -0.39 is 11.7 Å². The molecule has 1 saturated carbocycles. The number of pyridine rings is 2. The van der Waals surface area contributed by atoms with Crippen molar-refractivity contribution in [3.05, 3.63) is 41.0 Å². The molecule has 0 aromatic carbocycles. The van der Waals surface area contributed by atoms with Crippen molar-refractivity contribution in [2.24, 2.45) is 11.5 Å². The molecule has 2 heterocycles. The zero-order valence-corrected chi connectivity index (χ0v) is 15.6. The normalized spacial score (nSPS) is 19.6. The van der Waals surface area contributed by atoms with Gasteiger partial charge in [-0.1, -0.05) is 12.8 Å². The van der Waals surface area contributed by atoms with E-state index in [0.29, 0.717) is 5.69 Å². The molecule has 1 aliphatic rings. The number of nitrogens with zero attached hydrogens (tertiary/aromatic N) is 2. The highest BCUT2D eigenvalue weighted by Crippen LogP contribution is 2.27. The van der Waals surface area contributed by atoms with Gasteiger partial charge in [-0.2, -0.15) is 0 Å². The fourth-order valence-electron chi connectivity index (χ4n) is 3.24. The predicted octanol–water partition coefficient (Wildman–Crippen LogP) is 2.76. The van der Waals surface area contributed by atoms with Crippen LogP contribution in [0.3, 0.4) is 0 Å². The first kappa shape index (κ1) is 19.0. The number of hydrogen-bond acceptors (Lipinski definition) is 6. The summed E-state index contributed by atoms with van der Waals surface area (Å²) in [5, 5.41) is 6.12. The van der Waals surface area contributed by atoms with Gasteiger partial charge in [0.2, 0.25) is 0 Å². The Morgan fingerprint density at radius 3 is 2.63 bits per heavy atom. The van der Waals surface area contributed by atoms with Gasteiger partial charge < -0.3 is 22.1 Å². The number of primary amides is 1. The van der Waals surface area contributed by atoms with Gasteiger partial charge in [0, 0.05) is 17.8 Å². The molecule has 144 valence electrons. The van der Waals surface area contributed by atoms with Gasteiger partial charge >= 0.3 is 0 Å². The molecule has 7 nitrogen and oxygen atoms in total. The van der Waals surface area contributed by atoms with Crippen LogP contribution >= 0.6 is 0 Å². The minimum atomic E-state index is -0.762. The molecule has 6 N–H and O–H groups in total. The Kier molecular flexibility index (Phi) is 5.55. The van der Waals surface area contributed by atoms with Crippen molar-refractivity contribution in [1.29, 1.82) is 0 Å². The number of aromatic nitrogens is 2. The van der Waals surface area contributed by atoms with Crippen LogP contribution in [0.25, 0.3) is 0 Å². The maximum absolute atomic E-state index is 14.5. The van der Waals surface area contributed by atoms with Gasteiger partial charge in [-0.25, -0.2) is 9.37 Å². The number of nitrogens with one attached hydrogen (secondary N) is 2. The number of carbonyl (C=O) groups excluding carboxylic acids is 1. The van der Waals surface area contributed by atoms with Crippen molar-refractivity contribution in [1.82, 2.24) is 9.97 Å². The second-order valence-corrected chi connectivity index (χ2v) is 7.03. The van der Waals surface area contributed by atoms with Crippen molar-refractivity contribution < 1.29 is 9.18 Å². The summed E-state index contributed by atoms with van der Waals surface area (Å²) < 4.78 is 14.5. The van der Waals surface area contributed by atoms with Crippen LogP contribution in [0.5, 0.6) is 0 Å². The molecule has 1 amide bonds. The first-order chi connectivity index (χ1) is 12.8. The molecule has 0 spiro atoms. The number of hydrogen-bond donors (Lipinski definition) is 4. The molecule has 27 heavy (non-hydrogen) atoms. The zero-order chi connectivity index (χ0) is 19.6. The van der Waals surface area contributed by atoms with Gasteiger partial charge in [-0.3, -0.25) is 9.78 Å². The quantitative estimate of drug-likeness (QED) is 0.641. The third kappa shape index (κ3) is 4.33. The number of carbonyl (C=O) groups is 1. The number of halogens is 1. The monoisotopic (exact) mass is 372 g/mol. The summed E-state index contributed by atoms with van der Waals surface area (Å²) in [6.07, 6.45) is 5.47. The Bertz CT molecular complexity index is 856. The van der Waals surface area contributed by atoms with E-state index in [1.54, 1.807) is 6.20 Å². The molecule has 1 fully saturated rings. The van der Waals surface area contributed by atoms with Crippen LogP contribution in [0.4, 0.5) is 21.7 Å². The SMILES string of the molecule is Cc1cc(Nc2nc(NC3CCCCC3N)c(F)cc2C(N)=O)cnc1C. The zero-order valence-electron chi connectivity index (χ0n) is 15.6. The van der Waals surface area contributed by atoms with E-state index >= 15 is 0 Å². The molecular weight excluding hydrogens is 347 g/mol. The molecule has 0 radical (unpaired) electrons. The summed E-state index contributed by atoms with van der Waals surface area (Å²) in [6, 6.07) is 2.86. The minimum Gasteiger partial charge on any atom is -0.365 e. The van der Waals surface area contributed by atoms with Crippen LogP contribution < -0.4 is 22.1 Å².